The third kappa shape index (κ3) is 3.62. The molecule has 4 rings (SSSR count). The zero-order chi connectivity index (χ0) is 18.6. The van der Waals surface area contributed by atoms with E-state index in [-0.39, 0.29) is 0 Å². The lowest BCUT2D eigenvalue weighted by atomic mass is 10.1. The number of aromatic nitrogens is 3. The van der Waals surface area contributed by atoms with Gasteiger partial charge in [-0.1, -0.05) is 43.3 Å². The number of para-hydroxylation sites is 2. The largest absolute Gasteiger partial charge is 0.497 e. The van der Waals surface area contributed by atoms with Crippen molar-refractivity contribution in [3.63, 3.8) is 0 Å². The van der Waals surface area contributed by atoms with Crippen LogP contribution in [0.5, 0.6) is 5.75 Å². The van der Waals surface area contributed by atoms with E-state index in [4.69, 9.17) is 4.74 Å². The maximum absolute atomic E-state index is 5.28. The molecule has 1 aromatic heterocycles. The predicted molar refractivity (Wildman–Crippen MR) is 109 cm³/mol. The van der Waals surface area contributed by atoms with Crippen LogP contribution in [-0.2, 0) is 13.0 Å². The molecule has 5 heteroatoms. The maximum atomic E-state index is 5.28. The number of aryl methyl sites for hydroxylation is 1. The number of methoxy groups -OCH3 is 1. The van der Waals surface area contributed by atoms with Crippen molar-refractivity contribution in [2.75, 3.05) is 12.4 Å². The molecule has 0 unspecified atom stereocenters. The minimum absolute atomic E-state index is 0.746. The Balaban J connectivity index is 1.60. The second-order valence-corrected chi connectivity index (χ2v) is 6.38. The van der Waals surface area contributed by atoms with Crippen molar-refractivity contribution in [1.82, 2.24) is 15.0 Å². The lowest BCUT2D eigenvalue weighted by Gasteiger charge is -2.11. The number of ether oxygens (including phenoxy) is 1. The van der Waals surface area contributed by atoms with Gasteiger partial charge in [-0.3, -0.25) is 0 Å². The molecule has 0 saturated carbocycles. The zero-order valence-electron chi connectivity index (χ0n) is 15.5. The predicted octanol–water partition coefficient (Wildman–Crippen LogP) is 4.60. The lowest BCUT2D eigenvalue weighted by Crippen LogP contribution is -2.06. The topological polar surface area (TPSA) is 52.0 Å². The Hall–Kier alpha value is -3.34. The molecule has 136 valence electrons. The summed E-state index contributed by atoms with van der Waals surface area (Å²) in [5, 5.41) is 12.7. The molecule has 0 aliphatic carbocycles. The van der Waals surface area contributed by atoms with E-state index >= 15 is 0 Å². The summed E-state index contributed by atoms with van der Waals surface area (Å²) in [4.78, 5) is 1.67. The van der Waals surface area contributed by atoms with Crippen molar-refractivity contribution in [3.05, 3.63) is 77.9 Å². The number of rotatable bonds is 6. The fraction of sp³-hybridized carbons (Fsp3) is 0.182. The van der Waals surface area contributed by atoms with E-state index in [1.54, 1.807) is 11.9 Å². The maximum Gasteiger partial charge on any atom is 0.121 e. The Morgan fingerprint density at radius 3 is 2.41 bits per heavy atom. The molecule has 0 saturated heterocycles. The molecule has 0 fully saturated rings. The van der Waals surface area contributed by atoms with Gasteiger partial charge in [0, 0.05) is 12.6 Å². The van der Waals surface area contributed by atoms with E-state index < -0.39 is 0 Å². The van der Waals surface area contributed by atoms with E-state index in [0.717, 1.165) is 41.1 Å². The average Bonchev–Trinajstić information content (AvgIpc) is 3.16. The summed E-state index contributed by atoms with van der Waals surface area (Å²) in [5.74, 6) is 0.775. The van der Waals surface area contributed by atoms with Crippen molar-refractivity contribution in [3.8, 4) is 11.4 Å². The third-order valence-corrected chi connectivity index (χ3v) is 4.62. The van der Waals surface area contributed by atoms with Gasteiger partial charge in [-0.25, -0.2) is 0 Å². The first-order chi connectivity index (χ1) is 13.3. The molecule has 1 N–H and O–H groups in total. The Morgan fingerprint density at radius 2 is 1.63 bits per heavy atom. The van der Waals surface area contributed by atoms with E-state index in [0.29, 0.717) is 0 Å². The summed E-state index contributed by atoms with van der Waals surface area (Å²) in [5.41, 5.74) is 6.13. The molecule has 5 nitrogen and oxygen atoms in total. The van der Waals surface area contributed by atoms with Gasteiger partial charge in [0.2, 0.25) is 0 Å². The van der Waals surface area contributed by atoms with Gasteiger partial charge < -0.3 is 10.1 Å². The molecule has 0 atom stereocenters. The van der Waals surface area contributed by atoms with Gasteiger partial charge in [0.15, 0.2) is 0 Å². The molecule has 27 heavy (non-hydrogen) atoms. The Morgan fingerprint density at radius 1 is 0.889 bits per heavy atom. The van der Waals surface area contributed by atoms with Crippen LogP contribution < -0.4 is 10.1 Å². The summed E-state index contributed by atoms with van der Waals surface area (Å²) in [6.45, 7) is 2.91. The van der Waals surface area contributed by atoms with Gasteiger partial charge in [-0.15, -0.1) is 15.0 Å². The molecule has 4 aromatic rings. The SMILES string of the molecule is CCc1ccc(CNc2ccccc2-n2nc3ccc(OC)cc3n2)cc1. The highest BCUT2D eigenvalue weighted by Gasteiger charge is 2.09. The van der Waals surface area contributed by atoms with Crippen molar-refractivity contribution in [2.24, 2.45) is 0 Å². The number of hydrogen-bond acceptors (Lipinski definition) is 4. The van der Waals surface area contributed by atoms with Crippen LogP contribution in [0.25, 0.3) is 16.7 Å². The van der Waals surface area contributed by atoms with Crippen LogP contribution in [-0.4, -0.2) is 22.1 Å². The summed E-state index contributed by atoms with van der Waals surface area (Å²) in [7, 11) is 1.65. The van der Waals surface area contributed by atoms with Crippen LogP contribution in [0.1, 0.15) is 18.1 Å². The van der Waals surface area contributed by atoms with Gasteiger partial charge in [0.05, 0.1) is 12.8 Å². The fourth-order valence-electron chi connectivity index (χ4n) is 3.02. The molecule has 1 heterocycles. The van der Waals surface area contributed by atoms with E-state index in [1.165, 1.54) is 11.1 Å². The van der Waals surface area contributed by atoms with Gasteiger partial charge in [-0.2, -0.15) is 0 Å². The number of nitrogens with one attached hydrogen (secondary N) is 1. The van der Waals surface area contributed by atoms with Gasteiger partial charge in [0.1, 0.15) is 22.5 Å². The van der Waals surface area contributed by atoms with Crippen molar-refractivity contribution >= 4 is 16.7 Å². The van der Waals surface area contributed by atoms with Crippen molar-refractivity contribution in [2.45, 2.75) is 19.9 Å². The van der Waals surface area contributed by atoms with Crippen LogP contribution in [0.3, 0.4) is 0 Å². The Bertz CT molecular complexity index is 1050. The van der Waals surface area contributed by atoms with Crippen molar-refractivity contribution < 1.29 is 4.74 Å². The lowest BCUT2D eigenvalue weighted by molar-refractivity contribution is 0.415. The first-order valence-electron chi connectivity index (χ1n) is 9.09. The monoisotopic (exact) mass is 358 g/mol. The summed E-state index contributed by atoms with van der Waals surface area (Å²) in [6, 6.07) is 22.5. The molecule has 0 amide bonds. The summed E-state index contributed by atoms with van der Waals surface area (Å²) < 4.78 is 5.28. The molecule has 0 bridgehead atoms. The first-order valence-corrected chi connectivity index (χ1v) is 9.09. The first kappa shape index (κ1) is 17.1. The number of hydrogen-bond donors (Lipinski definition) is 1. The second-order valence-electron chi connectivity index (χ2n) is 6.38. The van der Waals surface area contributed by atoms with E-state index in [1.807, 2.05) is 42.5 Å². The quantitative estimate of drug-likeness (QED) is 0.547. The normalized spacial score (nSPS) is 10.9. The summed E-state index contributed by atoms with van der Waals surface area (Å²) >= 11 is 0. The highest BCUT2D eigenvalue weighted by atomic mass is 16.5. The highest BCUT2D eigenvalue weighted by molar-refractivity contribution is 5.76. The number of benzene rings is 3. The van der Waals surface area contributed by atoms with Crippen molar-refractivity contribution in [1.29, 1.82) is 0 Å². The molecule has 0 spiro atoms. The van der Waals surface area contributed by atoms with Gasteiger partial charge in [0.25, 0.3) is 0 Å². The van der Waals surface area contributed by atoms with E-state index in [2.05, 4.69) is 46.7 Å². The minimum atomic E-state index is 0.746. The van der Waals surface area contributed by atoms with Crippen LogP contribution in [0.15, 0.2) is 66.7 Å². The molecule has 0 aliphatic rings. The number of fused-ring (bicyclic) bond motifs is 1. The van der Waals surface area contributed by atoms with Gasteiger partial charge in [-0.05, 0) is 41.8 Å². The third-order valence-electron chi connectivity index (χ3n) is 4.62. The fourth-order valence-corrected chi connectivity index (χ4v) is 3.02. The molecule has 3 aromatic carbocycles. The van der Waals surface area contributed by atoms with Crippen LogP contribution in [0.2, 0.25) is 0 Å². The molecule has 0 aliphatic heterocycles. The van der Waals surface area contributed by atoms with E-state index in [9.17, 15) is 0 Å². The van der Waals surface area contributed by atoms with Crippen LogP contribution in [0, 0.1) is 0 Å². The standard InChI is InChI=1S/C22H22N4O/c1-3-16-8-10-17(11-9-16)15-23-20-6-4-5-7-22(20)26-24-19-13-12-18(27-2)14-21(19)25-26/h4-14,23H,3,15H2,1-2H3. The van der Waals surface area contributed by atoms with Gasteiger partial charge >= 0.3 is 0 Å². The average molecular weight is 358 g/mol. The molecule has 0 radical (unpaired) electrons. The van der Waals surface area contributed by atoms with Crippen LogP contribution in [0.4, 0.5) is 5.69 Å². The minimum Gasteiger partial charge on any atom is -0.497 e. The smallest absolute Gasteiger partial charge is 0.121 e. The second kappa shape index (κ2) is 7.50. The number of anilines is 1. The number of nitrogens with zero attached hydrogens (tertiary/aromatic N) is 3. The van der Waals surface area contributed by atoms with Crippen LogP contribution >= 0.6 is 0 Å². The molecular formula is C22H22N4O. The summed E-state index contributed by atoms with van der Waals surface area (Å²) in [6.07, 6.45) is 1.06. The Labute approximate surface area is 158 Å². The highest BCUT2D eigenvalue weighted by Crippen LogP contribution is 2.23. The molecular weight excluding hydrogens is 336 g/mol. The Kier molecular flexibility index (Phi) is 4.75. The zero-order valence-corrected chi connectivity index (χ0v) is 15.5.